The maximum atomic E-state index is 3.82. The predicted molar refractivity (Wildman–Crippen MR) is 52.0 cm³/mol. The van der Waals surface area contributed by atoms with Crippen molar-refractivity contribution in [3.8, 4) is 0 Å². The molecule has 0 aliphatic carbocycles. The van der Waals surface area contributed by atoms with E-state index in [1.165, 1.54) is 0 Å². The van der Waals surface area contributed by atoms with E-state index in [1.54, 1.807) is 6.92 Å². The second-order valence-corrected chi connectivity index (χ2v) is 1.90. The van der Waals surface area contributed by atoms with E-state index in [9.17, 15) is 0 Å². The van der Waals surface area contributed by atoms with Crippen molar-refractivity contribution in [2.45, 2.75) is 6.92 Å². The second-order valence-electron chi connectivity index (χ2n) is 1.90. The van der Waals surface area contributed by atoms with Crippen LogP contribution >= 0.6 is 0 Å². The Morgan fingerprint density at radius 3 is 2.08 bits per heavy atom. The first-order chi connectivity index (χ1) is 5.34. The molecule has 0 aliphatic rings. The van der Waals surface area contributed by atoms with E-state index in [0.29, 0.717) is 0 Å². The van der Waals surface area contributed by atoms with Crippen LogP contribution in [0.1, 0.15) is 18.1 Å². The van der Waals surface area contributed by atoms with Crippen molar-refractivity contribution in [1.82, 2.24) is 0 Å². The second kappa shape index (κ2) is 8.55. The van der Waals surface area contributed by atoms with Gasteiger partial charge in [-0.3, -0.25) is 0 Å². The van der Waals surface area contributed by atoms with Gasteiger partial charge in [0.15, 0.2) is 0 Å². The minimum absolute atomic E-state index is 0. The molecule has 0 saturated heterocycles. The summed E-state index contributed by atoms with van der Waals surface area (Å²) in [5, 5.41) is 0. The maximum Gasteiger partial charge on any atom is 2.00 e. The molecule has 0 radical (unpaired) electrons. The summed E-state index contributed by atoms with van der Waals surface area (Å²) in [5.41, 5.74) is 2.14. The Balaban J connectivity index is 0. The topological polar surface area (TPSA) is 0 Å². The quantitative estimate of drug-likeness (QED) is 0.494. The molecule has 0 amide bonds. The summed E-state index contributed by atoms with van der Waals surface area (Å²) < 4.78 is 0. The van der Waals surface area contributed by atoms with Crippen LogP contribution in [0, 0.1) is 13.8 Å². The normalized spacial score (nSPS) is 7.17. The van der Waals surface area contributed by atoms with Gasteiger partial charge in [0.05, 0.1) is 0 Å². The molecule has 0 aliphatic heterocycles. The Hall–Kier alpha value is -0.547. The summed E-state index contributed by atoms with van der Waals surface area (Å²) >= 11 is 0. The third kappa shape index (κ3) is 4.36. The van der Waals surface area contributed by atoms with Crippen LogP contribution in [-0.2, 0) is 19.5 Å². The molecule has 0 nitrogen and oxygen atoms in total. The molecule has 1 rings (SSSR count). The van der Waals surface area contributed by atoms with Crippen molar-refractivity contribution >= 4 is 6.08 Å². The molecular formula is C11H14Zn. The minimum Gasteiger partial charge on any atom is -0.346 e. The Bertz CT molecular complexity index is 216. The Morgan fingerprint density at radius 1 is 1.25 bits per heavy atom. The van der Waals surface area contributed by atoms with E-state index < -0.39 is 0 Å². The molecule has 0 aromatic heterocycles. The number of hydrogen-bond acceptors (Lipinski definition) is 0. The molecule has 0 unspecified atom stereocenters. The number of hydrogen-bond donors (Lipinski definition) is 0. The van der Waals surface area contributed by atoms with Gasteiger partial charge in [0, 0.05) is 0 Å². The Morgan fingerprint density at radius 2 is 1.75 bits per heavy atom. The SMILES string of the molecule is C=Cc1ccccc1[CH2-].[CH2-]C.[Zn+2]. The summed E-state index contributed by atoms with van der Waals surface area (Å²) in [6, 6.07) is 7.91. The largest absolute Gasteiger partial charge is 2.00 e. The molecule has 1 heteroatoms. The average Bonchev–Trinajstić information content (AvgIpc) is 2.09. The smallest absolute Gasteiger partial charge is 0.346 e. The third-order valence-corrected chi connectivity index (χ3v) is 1.28. The molecule has 0 atom stereocenters. The predicted octanol–water partition coefficient (Wildman–Crippen LogP) is 3.35. The van der Waals surface area contributed by atoms with Gasteiger partial charge < -0.3 is 6.92 Å². The first-order valence-corrected chi connectivity index (χ1v) is 3.58. The van der Waals surface area contributed by atoms with Crippen LogP contribution in [0.25, 0.3) is 6.08 Å². The van der Waals surface area contributed by atoms with Crippen LogP contribution in [0.15, 0.2) is 30.8 Å². The van der Waals surface area contributed by atoms with Gasteiger partial charge in [0.1, 0.15) is 0 Å². The molecule has 1 aromatic carbocycles. The van der Waals surface area contributed by atoms with Gasteiger partial charge in [-0.05, 0) is 0 Å². The van der Waals surface area contributed by atoms with E-state index in [1.807, 2.05) is 30.3 Å². The standard InChI is InChI=1S/C9H9.C2H5.Zn/c1-3-9-7-5-4-6-8(9)2;1-2;/h3-7H,1-2H2;1H2,2H3;/q2*-1;+2. The molecule has 0 bridgehead atoms. The fraction of sp³-hybridized carbons (Fsp3) is 0.0909. The van der Waals surface area contributed by atoms with Gasteiger partial charge in [-0.2, -0.15) is 25.5 Å². The number of rotatable bonds is 1. The van der Waals surface area contributed by atoms with Crippen molar-refractivity contribution < 1.29 is 19.5 Å². The first kappa shape index (κ1) is 14.0. The average molecular weight is 212 g/mol. The van der Waals surface area contributed by atoms with Crippen LogP contribution in [-0.4, -0.2) is 0 Å². The zero-order chi connectivity index (χ0) is 8.69. The summed E-state index contributed by atoms with van der Waals surface area (Å²) in [5.74, 6) is 0. The first-order valence-electron chi connectivity index (χ1n) is 3.58. The van der Waals surface area contributed by atoms with Crippen LogP contribution in [0.4, 0.5) is 0 Å². The fourth-order valence-corrected chi connectivity index (χ4v) is 0.733. The number of benzene rings is 1. The molecule has 0 saturated carbocycles. The van der Waals surface area contributed by atoms with Crippen LogP contribution < -0.4 is 0 Å². The maximum absolute atomic E-state index is 3.82. The van der Waals surface area contributed by atoms with E-state index >= 15 is 0 Å². The van der Waals surface area contributed by atoms with Crippen LogP contribution in [0.5, 0.6) is 0 Å². The molecule has 0 heterocycles. The van der Waals surface area contributed by atoms with Gasteiger partial charge in [-0.15, -0.1) is 30.4 Å². The van der Waals surface area contributed by atoms with Crippen molar-refractivity contribution in [3.05, 3.63) is 55.8 Å². The zero-order valence-corrected chi connectivity index (χ0v) is 10.7. The molecule has 0 fully saturated rings. The van der Waals surface area contributed by atoms with Crippen molar-refractivity contribution in [2.24, 2.45) is 0 Å². The molecule has 60 valence electrons. The van der Waals surface area contributed by atoms with Gasteiger partial charge in [-0.25, -0.2) is 0 Å². The van der Waals surface area contributed by atoms with Gasteiger partial charge in [-0.1, -0.05) is 6.07 Å². The van der Waals surface area contributed by atoms with Crippen molar-refractivity contribution in [2.75, 3.05) is 0 Å². The van der Waals surface area contributed by atoms with E-state index in [4.69, 9.17) is 0 Å². The summed E-state index contributed by atoms with van der Waals surface area (Å²) in [7, 11) is 0. The van der Waals surface area contributed by atoms with E-state index in [2.05, 4.69) is 20.4 Å². The fourth-order valence-electron chi connectivity index (χ4n) is 0.733. The minimum atomic E-state index is 0. The van der Waals surface area contributed by atoms with Gasteiger partial charge in [0.25, 0.3) is 0 Å². The summed E-state index contributed by atoms with van der Waals surface area (Å²) in [4.78, 5) is 0. The molecular weight excluding hydrogens is 198 g/mol. The molecule has 1 aromatic rings. The van der Waals surface area contributed by atoms with Crippen molar-refractivity contribution in [1.29, 1.82) is 0 Å². The third-order valence-electron chi connectivity index (χ3n) is 1.28. The van der Waals surface area contributed by atoms with Gasteiger partial charge >= 0.3 is 19.5 Å². The van der Waals surface area contributed by atoms with Gasteiger partial charge in [0.2, 0.25) is 0 Å². The molecule has 0 N–H and O–H groups in total. The summed E-state index contributed by atoms with van der Waals surface area (Å²) in [6.07, 6.45) is 1.81. The molecule has 0 spiro atoms. The zero-order valence-electron chi connectivity index (χ0n) is 7.72. The van der Waals surface area contributed by atoms with Crippen molar-refractivity contribution in [3.63, 3.8) is 0 Å². The van der Waals surface area contributed by atoms with Crippen LogP contribution in [0.2, 0.25) is 0 Å². The Labute approximate surface area is 88.5 Å². The molecule has 12 heavy (non-hydrogen) atoms. The monoisotopic (exact) mass is 210 g/mol. The van der Waals surface area contributed by atoms with Crippen LogP contribution in [0.3, 0.4) is 0 Å². The summed E-state index contributed by atoms with van der Waals surface area (Å²) in [6.45, 7) is 12.5. The van der Waals surface area contributed by atoms with E-state index in [0.717, 1.165) is 11.1 Å². The van der Waals surface area contributed by atoms with E-state index in [-0.39, 0.29) is 19.5 Å². The Kier molecular flexibility index (Phi) is 9.98.